The summed E-state index contributed by atoms with van der Waals surface area (Å²) >= 11 is 0. The second-order valence-corrected chi connectivity index (χ2v) is 8.91. The van der Waals surface area contributed by atoms with Crippen LogP contribution in [0.25, 0.3) is 11.4 Å². The Hall–Kier alpha value is -3.69. The molecule has 2 fully saturated rings. The lowest BCUT2D eigenvalue weighted by atomic mass is 9.72. The monoisotopic (exact) mass is 448 g/mol. The third-order valence-electron chi connectivity index (χ3n) is 6.54. The molecule has 172 valence electrons. The molecule has 0 radical (unpaired) electrons. The Morgan fingerprint density at radius 3 is 2.61 bits per heavy atom. The lowest BCUT2D eigenvalue weighted by Crippen LogP contribution is -2.61. The van der Waals surface area contributed by atoms with Crippen molar-refractivity contribution >= 4 is 23.4 Å². The molecule has 2 aliphatic heterocycles. The Kier molecular flexibility index (Phi) is 5.35. The van der Waals surface area contributed by atoms with Crippen molar-refractivity contribution in [1.29, 1.82) is 0 Å². The van der Waals surface area contributed by atoms with Crippen LogP contribution in [0.5, 0.6) is 5.75 Å². The Morgan fingerprint density at radius 2 is 1.94 bits per heavy atom. The van der Waals surface area contributed by atoms with Gasteiger partial charge in [0.2, 0.25) is 5.91 Å². The van der Waals surface area contributed by atoms with Crippen molar-refractivity contribution in [3.63, 3.8) is 0 Å². The van der Waals surface area contributed by atoms with Gasteiger partial charge in [0.15, 0.2) is 5.82 Å². The smallest absolute Gasteiger partial charge is 0.219 e. The molecule has 1 amide bonds. The van der Waals surface area contributed by atoms with E-state index in [1.165, 1.54) is 0 Å². The molecule has 1 N–H and O–H groups in total. The molecule has 3 aromatic heterocycles. The number of likely N-dealkylation sites (tertiary alicyclic amines) is 1. The minimum absolute atomic E-state index is 0.166. The number of ether oxygens (including phenoxy) is 1. The second kappa shape index (κ2) is 8.34. The molecule has 0 unspecified atom stereocenters. The molecule has 5 rings (SSSR count). The minimum Gasteiger partial charge on any atom is -0.497 e. The summed E-state index contributed by atoms with van der Waals surface area (Å²) in [6, 6.07) is 5.58. The molecule has 0 atom stereocenters. The highest BCUT2D eigenvalue weighted by Gasteiger charge is 2.45. The van der Waals surface area contributed by atoms with Crippen LogP contribution in [-0.4, -0.2) is 68.8 Å². The molecule has 0 bridgehead atoms. The number of nitrogens with zero attached hydrogens (tertiary/aromatic N) is 7. The molecule has 10 heteroatoms. The van der Waals surface area contributed by atoms with Crippen LogP contribution in [0.4, 0.5) is 17.5 Å². The van der Waals surface area contributed by atoms with Gasteiger partial charge in [-0.25, -0.2) is 15.0 Å². The fourth-order valence-corrected chi connectivity index (χ4v) is 4.60. The summed E-state index contributed by atoms with van der Waals surface area (Å²) in [4.78, 5) is 29.8. The quantitative estimate of drug-likeness (QED) is 0.635. The molecule has 0 aliphatic carbocycles. The van der Waals surface area contributed by atoms with Gasteiger partial charge in [0.05, 0.1) is 18.9 Å². The number of pyridine rings is 1. The van der Waals surface area contributed by atoms with Gasteiger partial charge in [-0.2, -0.15) is 5.10 Å². The highest BCUT2D eigenvalue weighted by molar-refractivity contribution is 5.73. The highest BCUT2D eigenvalue weighted by atomic mass is 16.5. The number of amides is 1. The standard InChI is InChI=1S/C23H28N8O2/c1-16(32)30-8-5-23(6-9-30)14-31(15-23)21-11-20(26-19-10-18(33-3)4-7-24-19)27-22(28-21)17-12-25-29(2)13-17/h4,7,10-13H,5-6,8-9,14-15H2,1-3H3,(H,24,26,27,28). The Morgan fingerprint density at radius 1 is 1.15 bits per heavy atom. The summed E-state index contributed by atoms with van der Waals surface area (Å²) in [7, 11) is 3.50. The highest BCUT2D eigenvalue weighted by Crippen LogP contribution is 2.42. The fraction of sp³-hybridized carbons (Fsp3) is 0.435. The van der Waals surface area contributed by atoms with E-state index >= 15 is 0 Å². The van der Waals surface area contributed by atoms with Crippen LogP contribution in [0.3, 0.4) is 0 Å². The van der Waals surface area contributed by atoms with Crippen LogP contribution in [0, 0.1) is 5.41 Å². The lowest BCUT2D eigenvalue weighted by molar-refractivity contribution is -0.131. The number of anilines is 3. The number of methoxy groups -OCH3 is 1. The summed E-state index contributed by atoms with van der Waals surface area (Å²) in [5, 5.41) is 7.56. The second-order valence-electron chi connectivity index (χ2n) is 8.91. The molecule has 3 aromatic rings. The van der Waals surface area contributed by atoms with E-state index in [1.54, 1.807) is 37.2 Å². The number of aromatic nitrogens is 5. The first-order valence-electron chi connectivity index (χ1n) is 11.1. The zero-order chi connectivity index (χ0) is 23.0. The predicted octanol–water partition coefficient (Wildman–Crippen LogP) is 2.47. The van der Waals surface area contributed by atoms with Gasteiger partial charge in [-0.1, -0.05) is 0 Å². The van der Waals surface area contributed by atoms with Gasteiger partial charge >= 0.3 is 0 Å². The molecule has 1 spiro atoms. The van der Waals surface area contributed by atoms with Crippen molar-refractivity contribution in [1.82, 2.24) is 29.6 Å². The minimum atomic E-state index is 0.166. The van der Waals surface area contributed by atoms with Crippen LogP contribution < -0.4 is 15.0 Å². The van der Waals surface area contributed by atoms with Crippen molar-refractivity contribution < 1.29 is 9.53 Å². The van der Waals surface area contributed by atoms with Crippen molar-refractivity contribution in [3.05, 3.63) is 36.8 Å². The van der Waals surface area contributed by atoms with Crippen LogP contribution >= 0.6 is 0 Å². The van der Waals surface area contributed by atoms with Gasteiger partial charge in [-0.05, 0) is 18.9 Å². The fourth-order valence-electron chi connectivity index (χ4n) is 4.60. The average Bonchev–Trinajstić information content (AvgIpc) is 3.24. The van der Waals surface area contributed by atoms with Gasteiger partial charge in [0.1, 0.15) is 23.2 Å². The van der Waals surface area contributed by atoms with E-state index in [9.17, 15) is 4.79 Å². The van der Waals surface area contributed by atoms with Crippen LogP contribution in [-0.2, 0) is 11.8 Å². The summed E-state index contributed by atoms with van der Waals surface area (Å²) < 4.78 is 7.05. The largest absolute Gasteiger partial charge is 0.497 e. The number of piperidine rings is 1. The zero-order valence-electron chi connectivity index (χ0n) is 19.2. The third-order valence-corrected chi connectivity index (χ3v) is 6.54. The van der Waals surface area contributed by atoms with E-state index < -0.39 is 0 Å². The topological polar surface area (TPSA) is 101 Å². The zero-order valence-corrected chi connectivity index (χ0v) is 19.2. The maximum atomic E-state index is 11.7. The number of hydrogen-bond acceptors (Lipinski definition) is 8. The van der Waals surface area contributed by atoms with E-state index in [1.807, 2.05) is 30.3 Å². The Bertz CT molecular complexity index is 1160. The number of carbonyl (C=O) groups excluding carboxylic acids is 1. The van der Waals surface area contributed by atoms with Crippen molar-refractivity contribution in [2.75, 3.05) is 43.5 Å². The molecular weight excluding hydrogens is 420 g/mol. The molecule has 0 aromatic carbocycles. The number of carbonyl (C=O) groups is 1. The summed E-state index contributed by atoms with van der Waals surface area (Å²) in [5.41, 5.74) is 1.11. The van der Waals surface area contributed by atoms with E-state index in [4.69, 9.17) is 14.7 Å². The first-order chi connectivity index (χ1) is 15.9. The molecule has 2 aliphatic rings. The molecule has 0 saturated carbocycles. The predicted molar refractivity (Wildman–Crippen MR) is 124 cm³/mol. The summed E-state index contributed by atoms with van der Waals surface area (Å²) in [5.74, 6) is 3.67. The number of nitrogens with one attached hydrogen (secondary N) is 1. The van der Waals surface area contributed by atoms with Gasteiger partial charge < -0.3 is 19.9 Å². The maximum Gasteiger partial charge on any atom is 0.219 e. The average molecular weight is 449 g/mol. The Labute approximate surface area is 192 Å². The van der Waals surface area contributed by atoms with E-state index in [0.717, 1.165) is 56.2 Å². The molecular formula is C23H28N8O2. The van der Waals surface area contributed by atoms with E-state index in [0.29, 0.717) is 17.5 Å². The van der Waals surface area contributed by atoms with Crippen molar-refractivity contribution in [2.45, 2.75) is 19.8 Å². The molecule has 33 heavy (non-hydrogen) atoms. The van der Waals surface area contributed by atoms with E-state index in [2.05, 4.69) is 20.3 Å². The van der Waals surface area contributed by atoms with Crippen molar-refractivity contribution in [2.24, 2.45) is 12.5 Å². The third kappa shape index (κ3) is 4.33. The van der Waals surface area contributed by atoms with Crippen LogP contribution in [0.2, 0.25) is 0 Å². The van der Waals surface area contributed by atoms with Gasteiger partial charge in [0.25, 0.3) is 0 Å². The molecule has 5 heterocycles. The van der Waals surface area contributed by atoms with Crippen LogP contribution in [0.1, 0.15) is 19.8 Å². The van der Waals surface area contributed by atoms with Gasteiger partial charge in [-0.15, -0.1) is 0 Å². The molecule has 2 saturated heterocycles. The van der Waals surface area contributed by atoms with Gasteiger partial charge in [-0.3, -0.25) is 9.48 Å². The number of rotatable bonds is 5. The van der Waals surface area contributed by atoms with Crippen molar-refractivity contribution in [3.8, 4) is 17.1 Å². The maximum absolute atomic E-state index is 11.7. The van der Waals surface area contributed by atoms with Crippen LogP contribution in [0.15, 0.2) is 36.8 Å². The number of hydrogen-bond donors (Lipinski definition) is 1. The summed E-state index contributed by atoms with van der Waals surface area (Å²) in [6.07, 6.45) is 7.42. The lowest BCUT2D eigenvalue weighted by Gasteiger charge is -2.54. The molecule has 10 nitrogen and oxygen atoms in total. The van der Waals surface area contributed by atoms with E-state index in [-0.39, 0.29) is 11.3 Å². The first-order valence-corrected chi connectivity index (χ1v) is 11.1. The Balaban J connectivity index is 1.39. The van der Waals surface area contributed by atoms with Gasteiger partial charge in [0, 0.05) is 70.1 Å². The summed E-state index contributed by atoms with van der Waals surface area (Å²) in [6.45, 7) is 5.18. The SMILES string of the molecule is COc1ccnc(Nc2cc(N3CC4(CCN(C(C)=O)CC4)C3)nc(-c3cnn(C)c3)n2)c1. The first kappa shape index (κ1) is 21.2. The normalized spacial score (nSPS) is 17.1. The number of aryl methyl sites for hydroxylation is 1.